The minimum atomic E-state index is -3.91. The molecule has 1 aromatic carbocycles. The normalized spacial score (nSPS) is 11.6. The third-order valence-corrected chi connectivity index (χ3v) is 4.45. The predicted octanol–water partition coefficient (Wildman–Crippen LogP) is 1.19. The summed E-state index contributed by atoms with van der Waals surface area (Å²) in [5, 5.41) is 0. The third-order valence-electron chi connectivity index (χ3n) is 2.63. The van der Waals surface area contributed by atoms with Gasteiger partial charge >= 0.3 is 0 Å². The molecule has 20 heavy (non-hydrogen) atoms. The Morgan fingerprint density at radius 3 is 2.55 bits per heavy atom. The zero-order valence-electron chi connectivity index (χ0n) is 11.2. The molecule has 0 spiro atoms. The van der Waals surface area contributed by atoms with Crippen molar-refractivity contribution in [1.29, 1.82) is 0 Å². The van der Waals surface area contributed by atoms with Gasteiger partial charge in [0.05, 0.1) is 18.0 Å². The van der Waals surface area contributed by atoms with Crippen molar-refractivity contribution in [1.82, 2.24) is 4.31 Å². The zero-order chi connectivity index (χ0) is 15.3. The first-order valence-corrected chi connectivity index (χ1v) is 7.27. The van der Waals surface area contributed by atoms with E-state index < -0.39 is 23.0 Å². The van der Waals surface area contributed by atoms with Gasteiger partial charge in [-0.2, -0.15) is 4.31 Å². The second kappa shape index (κ2) is 6.79. The fraction of sp³-hybridized carbons (Fsp3) is 0.385. The molecule has 0 aliphatic heterocycles. The van der Waals surface area contributed by atoms with Crippen molar-refractivity contribution in [3.8, 4) is 11.8 Å². The highest BCUT2D eigenvalue weighted by molar-refractivity contribution is 7.89. The van der Waals surface area contributed by atoms with Crippen molar-refractivity contribution in [3.05, 3.63) is 29.3 Å². The first-order valence-electron chi connectivity index (χ1n) is 5.83. The van der Waals surface area contributed by atoms with Gasteiger partial charge in [-0.1, -0.05) is 11.8 Å². The van der Waals surface area contributed by atoms with Crippen molar-refractivity contribution in [2.45, 2.75) is 18.2 Å². The van der Waals surface area contributed by atoms with E-state index in [2.05, 4.69) is 11.8 Å². The number of halogens is 2. The van der Waals surface area contributed by atoms with Crippen LogP contribution in [0, 0.1) is 18.8 Å². The van der Waals surface area contributed by atoms with Gasteiger partial charge in [-0.3, -0.25) is 0 Å². The number of nitrogens with zero attached hydrogens (tertiary/aromatic N) is 1. The molecule has 2 N–H and O–H groups in total. The molecule has 1 rings (SSSR count). The van der Waals surface area contributed by atoms with E-state index in [9.17, 15) is 17.2 Å². The van der Waals surface area contributed by atoms with Gasteiger partial charge in [0.25, 0.3) is 6.43 Å². The van der Waals surface area contributed by atoms with Crippen LogP contribution in [0.1, 0.15) is 11.1 Å². The molecule has 0 atom stereocenters. The minimum absolute atomic E-state index is 0.0311. The highest BCUT2D eigenvalue weighted by Crippen LogP contribution is 2.18. The van der Waals surface area contributed by atoms with Crippen LogP contribution in [0.3, 0.4) is 0 Å². The van der Waals surface area contributed by atoms with Crippen LogP contribution < -0.4 is 5.73 Å². The highest BCUT2D eigenvalue weighted by atomic mass is 32.2. The lowest BCUT2D eigenvalue weighted by Crippen LogP contribution is -2.31. The van der Waals surface area contributed by atoms with Gasteiger partial charge in [-0.25, -0.2) is 17.2 Å². The molecule has 7 heteroatoms. The van der Waals surface area contributed by atoms with Crippen LogP contribution >= 0.6 is 0 Å². The van der Waals surface area contributed by atoms with Gasteiger partial charge in [0.1, 0.15) is 0 Å². The molecule has 0 saturated carbocycles. The Hall–Kier alpha value is -1.49. The van der Waals surface area contributed by atoms with E-state index in [1.165, 1.54) is 12.1 Å². The van der Waals surface area contributed by atoms with E-state index in [1.807, 2.05) is 0 Å². The number of benzene rings is 1. The molecule has 0 amide bonds. The zero-order valence-corrected chi connectivity index (χ0v) is 12.0. The monoisotopic (exact) mass is 302 g/mol. The highest BCUT2D eigenvalue weighted by Gasteiger charge is 2.23. The first kappa shape index (κ1) is 16.6. The third kappa shape index (κ3) is 4.00. The molecule has 0 aliphatic carbocycles. The summed E-state index contributed by atoms with van der Waals surface area (Å²) in [5.74, 6) is 5.48. The largest absolute Gasteiger partial charge is 0.320 e. The van der Waals surface area contributed by atoms with E-state index in [4.69, 9.17) is 5.73 Å². The molecule has 0 aliphatic rings. The summed E-state index contributed by atoms with van der Waals surface area (Å²) in [5.41, 5.74) is 6.57. The molecule has 0 radical (unpaired) electrons. The molecule has 0 saturated heterocycles. The maximum absolute atomic E-state index is 12.3. The van der Waals surface area contributed by atoms with Gasteiger partial charge in [0, 0.05) is 12.6 Å². The summed E-state index contributed by atoms with van der Waals surface area (Å²) >= 11 is 0. The van der Waals surface area contributed by atoms with Crippen molar-refractivity contribution in [2.75, 3.05) is 20.1 Å². The number of hydrogen-bond donors (Lipinski definition) is 1. The molecular formula is C13H16F2N2O2S. The quantitative estimate of drug-likeness (QED) is 0.850. The van der Waals surface area contributed by atoms with Gasteiger partial charge < -0.3 is 5.73 Å². The molecular weight excluding hydrogens is 286 g/mol. The van der Waals surface area contributed by atoms with Crippen LogP contribution in [-0.2, 0) is 10.0 Å². The summed E-state index contributed by atoms with van der Waals surface area (Å²) in [7, 11) is -2.79. The summed E-state index contributed by atoms with van der Waals surface area (Å²) in [6.07, 6.45) is -2.72. The Morgan fingerprint density at radius 1 is 1.40 bits per heavy atom. The van der Waals surface area contributed by atoms with Crippen LogP contribution in [0.15, 0.2) is 23.1 Å². The van der Waals surface area contributed by atoms with Gasteiger partial charge in [-0.05, 0) is 30.7 Å². The standard InChI is InChI=1S/C13H16F2N2O2S/c1-10-8-12(6-5-11(10)4-3-7-16)20(18,19)17(2)9-13(14)15/h5-6,8,13H,7,9,16H2,1-2H3. The van der Waals surface area contributed by atoms with Gasteiger partial charge in [-0.15, -0.1) is 0 Å². The Bertz CT molecular complexity index is 634. The lowest BCUT2D eigenvalue weighted by atomic mass is 10.1. The van der Waals surface area contributed by atoms with E-state index in [0.717, 1.165) is 7.05 Å². The van der Waals surface area contributed by atoms with Gasteiger partial charge in [0.2, 0.25) is 10.0 Å². The van der Waals surface area contributed by atoms with Crippen LogP contribution in [0.25, 0.3) is 0 Å². The average molecular weight is 302 g/mol. The molecule has 0 unspecified atom stereocenters. The van der Waals surface area contributed by atoms with Crippen molar-refractivity contribution in [3.63, 3.8) is 0 Å². The predicted molar refractivity (Wildman–Crippen MR) is 72.9 cm³/mol. The average Bonchev–Trinajstić information content (AvgIpc) is 2.36. The second-order valence-electron chi connectivity index (χ2n) is 4.16. The van der Waals surface area contributed by atoms with E-state index in [-0.39, 0.29) is 11.4 Å². The number of nitrogens with two attached hydrogens (primary N) is 1. The number of aryl methyl sites for hydroxylation is 1. The second-order valence-corrected chi connectivity index (χ2v) is 6.20. The lowest BCUT2D eigenvalue weighted by molar-refractivity contribution is 0.126. The summed E-state index contributed by atoms with van der Waals surface area (Å²) < 4.78 is 49.4. The minimum Gasteiger partial charge on any atom is -0.320 e. The lowest BCUT2D eigenvalue weighted by Gasteiger charge is -2.17. The topological polar surface area (TPSA) is 63.4 Å². The van der Waals surface area contributed by atoms with E-state index in [1.54, 1.807) is 13.0 Å². The Labute approximate surface area is 117 Å². The molecule has 0 fully saturated rings. The fourth-order valence-electron chi connectivity index (χ4n) is 1.56. The summed E-state index contributed by atoms with van der Waals surface area (Å²) in [4.78, 5) is -0.0311. The van der Waals surface area contributed by atoms with Crippen molar-refractivity contribution < 1.29 is 17.2 Å². The number of hydrogen-bond acceptors (Lipinski definition) is 3. The van der Waals surface area contributed by atoms with Crippen molar-refractivity contribution in [2.24, 2.45) is 5.73 Å². The van der Waals surface area contributed by atoms with Crippen LogP contribution in [-0.4, -0.2) is 39.3 Å². The SMILES string of the molecule is Cc1cc(S(=O)(=O)N(C)CC(F)F)ccc1C#CCN. The van der Waals surface area contributed by atoms with E-state index in [0.29, 0.717) is 15.4 Å². The number of sulfonamides is 1. The fourth-order valence-corrected chi connectivity index (χ4v) is 2.79. The first-order chi connectivity index (χ1) is 9.28. The van der Waals surface area contributed by atoms with Crippen LogP contribution in [0.5, 0.6) is 0 Å². The summed E-state index contributed by atoms with van der Waals surface area (Å²) in [6.45, 7) is 1.07. The number of rotatable bonds is 4. The number of alkyl halides is 2. The molecule has 110 valence electrons. The maximum atomic E-state index is 12.3. The Kier molecular flexibility index (Phi) is 5.62. The van der Waals surface area contributed by atoms with Crippen LogP contribution in [0.4, 0.5) is 8.78 Å². The van der Waals surface area contributed by atoms with Crippen LogP contribution in [0.2, 0.25) is 0 Å². The molecule has 4 nitrogen and oxygen atoms in total. The molecule has 0 heterocycles. The summed E-state index contributed by atoms with van der Waals surface area (Å²) in [6, 6.07) is 4.31. The smallest absolute Gasteiger partial charge is 0.252 e. The maximum Gasteiger partial charge on any atom is 0.252 e. The van der Waals surface area contributed by atoms with Crippen molar-refractivity contribution >= 4 is 10.0 Å². The molecule has 1 aromatic rings. The molecule has 0 bridgehead atoms. The Morgan fingerprint density at radius 2 is 2.05 bits per heavy atom. The Balaban J connectivity index is 3.12. The van der Waals surface area contributed by atoms with Gasteiger partial charge in [0.15, 0.2) is 0 Å². The molecule has 0 aromatic heterocycles. The van der Waals surface area contributed by atoms with E-state index >= 15 is 0 Å².